The van der Waals surface area contributed by atoms with E-state index in [-0.39, 0.29) is 17.3 Å². The van der Waals surface area contributed by atoms with Crippen LogP contribution in [0.15, 0.2) is 45.5 Å². The topological polar surface area (TPSA) is 82.5 Å². The lowest BCUT2D eigenvalue weighted by molar-refractivity contribution is -0.118. The van der Waals surface area contributed by atoms with Crippen LogP contribution < -0.4 is 20.5 Å². The quantitative estimate of drug-likeness (QED) is 0.351. The molecule has 4 rings (SSSR count). The lowest BCUT2D eigenvalue weighted by atomic mass is 10.1. The number of aromatic nitrogens is 2. The van der Waals surface area contributed by atoms with Gasteiger partial charge in [0.1, 0.15) is 5.03 Å². The second-order valence-corrected chi connectivity index (χ2v) is 9.72. The molecule has 174 valence electrons. The number of nitrogens with zero attached hydrogens (tertiary/aromatic N) is 2. The Bertz CT molecular complexity index is 1180. The zero-order chi connectivity index (χ0) is 23.2. The Morgan fingerprint density at radius 3 is 2.82 bits per heavy atom. The molecule has 1 aliphatic rings. The van der Waals surface area contributed by atoms with Crippen molar-refractivity contribution in [1.82, 2.24) is 14.9 Å². The first-order chi connectivity index (χ1) is 16.1. The SMILES string of the molecule is COc1ccc(CCNC(=O)CSc2nc(=O)n(Cc3cccs3)c3c2CCC3)cc1OC. The molecule has 1 aromatic carbocycles. The molecule has 0 aliphatic heterocycles. The van der Waals surface area contributed by atoms with E-state index in [0.29, 0.717) is 36.0 Å². The molecule has 33 heavy (non-hydrogen) atoms. The van der Waals surface area contributed by atoms with Crippen molar-refractivity contribution in [3.05, 3.63) is 67.9 Å². The number of thioether (sulfide) groups is 1. The Morgan fingerprint density at radius 2 is 2.06 bits per heavy atom. The van der Waals surface area contributed by atoms with Crippen LogP contribution >= 0.6 is 23.1 Å². The van der Waals surface area contributed by atoms with Gasteiger partial charge in [-0.15, -0.1) is 11.3 Å². The number of hydrogen-bond acceptors (Lipinski definition) is 7. The van der Waals surface area contributed by atoms with E-state index in [0.717, 1.165) is 41.0 Å². The van der Waals surface area contributed by atoms with Crippen LogP contribution in [0.3, 0.4) is 0 Å². The maximum atomic E-state index is 12.7. The summed E-state index contributed by atoms with van der Waals surface area (Å²) in [7, 11) is 3.21. The fourth-order valence-electron chi connectivity index (χ4n) is 3.99. The number of carbonyl (C=O) groups excluding carboxylic acids is 1. The fourth-order valence-corrected chi connectivity index (χ4v) is 5.59. The summed E-state index contributed by atoms with van der Waals surface area (Å²) in [5, 5.41) is 5.66. The molecular weight excluding hydrogens is 458 g/mol. The highest BCUT2D eigenvalue weighted by atomic mass is 32.2. The van der Waals surface area contributed by atoms with E-state index < -0.39 is 0 Å². The molecule has 7 nitrogen and oxygen atoms in total. The van der Waals surface area contributed by atoms with Gasteiger partial charge in [-0.25, -0.2) is 4.79 Å². The van der Waals surface area contributed by atoms with Crippen LogP contribution in [0.2, 0.25) is 0 Å². The molecular formula is C24H27N3O4S2. The Hall–Kier alpha value is -2.78. The number of amides is 1. The molecule has 1 N–H and O–H groups in total. The van der Waals surface area contributed by atoms with Gasteiger partial charge in [0.2, 0.25) is 5.91 Å². The monoisotopic (exact) mass is 485 g/mol. The van der Waals surface area contributed by atoms with E-state index in [1.165, 1.54) is 11.8 Å². The van der Waals surface area contributed by atoms with Crippen LogP contribution in [-0.4, -0.2) is 42.0 Å². The van der Waals surface area contributed by atoms with Gasteiger partial charge in [-0.1, -0.05) is 23.9 Å². The summed E-state index contributed by atoms with van der Waals surface area (Å²) in [5.74, 6) is 1.51. The van der Waals surface area contributed by atoms with E-state index in [1.54, 1.807) is 30.1 Å². The molecule has 0 radical (unpaired) electrons. The van der Waals surface area contributed by atoms with E-state index >= 15 is 0 Å². The Labute approximate surface area is 201 Å². The number of nitrogens with one attached hydrogen (secondary N) is 1. The highest BCUT2D eigenvalue weighted by molar-refractivity contribution is 7.99. The first-order valence-corrected chi connectivity index (χ1v) is 12.7. The molecule has 1 aliphatic carbocycles. The predicted molar refractivity (Wildman–Crippen MR) is 131 cm³/mol. The van der Waals surface area contributed by atoms with E-state index in [4.69, 9.17) is 9.47 Å². The third-order valence-electron chi connectivity index (χ3n) is 5.62. The molecule has 2 aromatic heterocycles. The van der Waals surface area contributed by atoms with Gasteiger partial charge in [-0.3, -0.25) is 9.36 Å². The molecule has 9 heteroatoms. The summed E-state index contributed by atoms with van der Waals surface area (Å²) in [5.41, 5.74) is 3.00. The van der Waals surface area contributed by atoms with Gasteiger partial charge in [0.15, 0.2) is 11.5 Å². The van der Waals surface area contributed by atoms with Gasteiger partial charge < -0.3 is 14.8 Å². The lowest BCUT2D eigenvalue weighted by Gasteiger charge is -2.13. The largest absolute Gasteiger partial charge is 0.493 e. The smallest absolute Gasteiger partial charge is 0.349 e. The summed E-state index contributed by atoms with van der Waals surface area (Å²) < 4.78 is 12.4. The minimum atomic E-state index is -0.236. The molecule has 0 spiro atoms. The minimum Gasteiger partial charge on any atom is -0.493 e. The van der Waals surface area contributed by atoms with Crippen molar-refractivity contribution >= 4 is 29.0 Å². The van der Waals surface area contributed by atoms with Crippen molar-refractivity contribution in [1.29, 1.82) is 0 Å². The van der Waals surface area contributed by atoms with Gasteiger partial charge in [0, 0.05) is 22.7 Å². The van der Waals surface area contributed by atoms with Crippen molar-refractivity contribution in [3.8, 4) is 11.5 Å². The molecule has 0 fully saturated rings. The maximum Gasteiger partial charge on any atom is 0.349 e. The van der Waals surface area contributed by atoms with Crippen molar-refractivity contribution in [2.24, 2.45) is 0 Å². The van der Waals surface area contributed by atoms with Crippen molar-refractivity contribution in [3.63, 3.8) is 0 Å². The van der Waals surface area contributed by atoms with Crippen LogP contribution in [0.5, 0.6) is 11.5 Å². The van der Waals surface area contributed by atoms with E-state index in [2.05, 4.69) is 10.3 Å². The average molecular weight is 486 g/mol. The third kappa shape index (κ3) is 5.59. The van der Waals surface area contributed by atoms with Gasteiger partial charge >= 0.3 is 5.69 Å². The van der Waals surface area contributed by atoms with Crippen molar-refractivity contribution in [2.75, 3.05) is 26.5 Å². The molecule has 3 aromatic rings. The number of methoxy groups -OCH3 is 2. The van der Waals surface area contributed by atoms with E-state index in [9.17, 15) is 9.59 Å². The Kier molecular flexibility index (Phi) is 7.72. The van der Waals surface area contributed by atoms with Crippen molar-refractivity contribution < 1.29 is 14.3 Å². The number of carbonyl (C=O) groups is 1. The molecule has 0 saturated carbocycles. The summed E-state index contributed by atoms with van der Waals surface area (Å²) in [6.45, 7) is 1.08. The number of benzene rings is 1. The maximum absolute atomic E-state index is 12.7. The molecule has 1 amide bonds. The second kappa shape index (κ2) is 10.9. The fraction of sp³-hybridized carbons (Fsp3) is 0.375. The van der Waals surface area contributed by atoms with Crippen molar-refractivity contribution in [2.45, 2.75) is 37.3 Å². The minimum absolute atomic E-state index is 0.0724. The van der Waals surface area contributed by atoms with Gasteiger partial charge in [-0.2, -0.15) is 4.98 Å². The number of fused-ring (bicyclic) bond motifs is 1. The highest BCUT2D eigenvalue weighted by Crippen LogP contribution is 2.30. The Morgan fingerprint density at radius 1 is 1.21 bits per heavy atom. The average Bonchev–Trinajstić information content (AvgIpc) is 3.52. The molecule has 0 saturated heterocycles. The summed E-state index contributed by atoms with van der Waals surface area (Å²) in [4.78, 5) is 30.6. The van der Waals surface area contributed by atoms with Crippen LogP contribution in [-0.2, 0) is 30.6 Å². The Balaban J connectivity index is 1.34. The standard InChI is InChI=1S/C24H27N3O4S2/c1-30-20-9-8-16(13-21(20)31-2)10-11-25-22(28)15-33-23-18-6-3-7-19(18)27(24(29)26-23)14-17-5-4-12-32-17/h4-5,8-9,12-13H,3,6-7,10-11,14-15H2,1-2H3,(H,25,28). The van der Waals surface area contributed by atoms with Crippen LogP contribution in [0, 0.1) is 0 Å². The third-order valence-corrected chi connectivity index (χ3v) is 7.50. The van der Waals surface area contributed by atoms with Crippen LogP contribution in [0.1, 0.15) is 28.1 Å². The highest BCUT2D eigenvalue weighted by Gasteiger charge is 2.22. The van der Waals surface area contributed by atoms with Gasteiger partial charge in [0.05, 0.1) is 26.5 Å². The van der Waals surface area contributed by atoms with Gasteiger partial charge in [-0.05, 0) is 54.8 Å². The second-order valence-electron chi connectivity index (χ2n) is 7.72. The van der Waals surface area contributed by atoms with Gasteiger partial charge in [0.25, 0.3) is 0 Å². The number of thiophene rings is 1. The van der Waals surface area contributed by atoms with E-state index in [1.807, 2.05) is 35.7 Å². The molecule has 0 atom stereocenters. The molecule has 2 heterocycles. The lowest BCUT2D eigenvalue weighted by Crippen LogP contribution is -2.29. The number of rotatable bonds is 10. The molecule has 0 bridgehead atoms. The van der Waals surface area contributed by atoms with Crippen LogP contribution in [0.4, 0.5) is 0 Å². The number of hydrogen-bond donors (Lipinski definition) is 1. The summed E-state index contributed by atoms with van der Waals surface area (Å²) >= 11 is 2.99. The summed E-state index contributed by atoms with van der Waals surface area (Å²) in [6.07, 6.45) is 3.47. The predicted octanol–water partition coefficient (Wildman–Crippen LogP) is 3.31. The summed E-state index contributed by atoms with van der Waals surface area (Å²) in [6, 6.07) is 9.76. The first-order valence-electron chi connectivity index (χ1n) is 10.8. The van der Waals surface area contributed by atoms with Crippen LogP contribution in [0.25, 0.3) is 0 Å². The normalized spacial score (nSPS) is 12.4. The molecule has 0 unspecified atom stereocenters. The number of ether oxygens (including phenoxy) is 2. The zero-order valence-corrected chi connectivity index (χ0v) is 20.4. The first kappa shape index (κ1) is 23.4. The zero-order valence-electron chi connectivity index (χ0n) is 18.8.